The fraction of sp³-hybridized carbons (Fsp3) is 0.0526. The Morgan fingerprint density at radius 3 is 2.36 bits per heavy atom. The minimum Gasteiger partial charge on any atom is -0.290 e. The standard InChI is InChI=1S/C19H17N2O/c1-2-20-12-13-21(15-20)14-19(22)18-10-8-17(9-11-18)16-6-4-3-5-7-16/h2-13,15H,1,14H2/q+1. The van der Waals surface area contributed by atoms with Gasteiger partial charge in [0, 0.05) is 5.56 Å². The van der Waals surface area contributed by atoms with Gasteiger partial charge in [-0.05, 0) is 11.1 Å². The molecule has 1 aromatic heterocycles. The van der Waals surface area contributed by atoms with Gasteiger partial charge in [-0.1, -0.05) is 61.2 Å². The third-order valence-electron chi connectivity index (χ3n) is 3.56. The summed E-state index contributed by atoms with van der Waals surface area (Å²) in [5.41, 5.74) is 2.99. The number of ketones is 1. The molecule has 3 aromatic rings. The number of nitrogens with zero attached hydrogens (tertiary/aromatic N) is 2. The van der Waals surface area contributed by atoms with E-state index < -0.39 is 0 Å². The van der Waals surface area contributed by atoms with Crippen LogP contribution in [-0.4, -0.2) is 10.4 Å². The molecule has 0 radical (unpaired) electrons. The molecule has 0 spiro atoms. The zero-order valence-electron chi connectivity index (χ0n) is 12.2. The number of imidazole rings is 1. The van der Waals surface area contributed by atoms with E-state index in [-0.39, 0.29) is 5.78 Å². The number of Topliss-reactive ketones (excluding diaryl/α,β-unsaturated/α-hetero) is 1. The average Bonchev–Trinajstić information content (AvgIpc) is 3.03. The second-order valence-corrected chi connectivity index (χ2v) is 5.08. The first-order chi connectivity index (χ1) is 10.8. The second kappa shape index (κ2) is 6.22. The van der Waals surface area contributed by atoms with Gasteiger partial charge in [-0.25, -0.2) is 9.13 Å². The number of carbonyl (C=O) groups excluding carboxylic acids is 1. The van der Waals surface area contributed by atoms with Gasteiger partial charge < -0.3 is 0 Å². The second-order valence-electron chi connectivity index (χ2n) is 5.08. The normalized spacial score (nSPS) is 10.4. The maximum atomic E-state index is 12.3. The van der Waals surface area contributed by atoms with Crippen molar-refractivity contribution in [2.24, 2.45) is 0 Å². The summed E-state index contributed by atoms with van der Waals surface area (Å²) in [5.74, 6) is 0.0893. The topological polar surface area (TPSA) is 25.9 Å². The summed E-state index contributed by atoms with van der Waals surface area (Å²) < 4.78 is 3.65. The predicted octanol–water partition coefficient (Wildman–Crippen LogP) is 3.43. The van der Waals surface area contributed by atoms with Gasteiger partial charge >= 0.3 is 0 Å². The van der Waals surface area contributed by atoms with Gasteiger partial charge in [0.25, 0.3) is 0 Å². The Hall–Kier alpha value is -2.94. The molecule has 0 atom stereocenters. The van der Waals surface area contributed by atoms with Crippen LogP contribution in [0.4, 0.5) is 0 Å². The zero-order valence-corrected chi connectivity index (χ0v) is 12.2. The third kappa shape index (κ3) is 3.04. The Balaban J connectivity index is 1.75. The Morgan fingerprint density at radius 2 is 1.73 bits per heavy atom. The fourth-order valence-corrected chi connectivity index (χ4v) is 2.35. The van der Waals surface area contributed by atoms with Crippen molar-refractivity contribution in [1.29, 1.82) is 0 Å². The lowest BCUT2D eigenvalue weighted by Gasteiger charge is -2.03. The van der Waals surface area contributed by atoms with Crippen molar-refractivity contribution in [1.82, 2.24) is 4.57 Å². The number of hydrogen-bond donors (Lipinski definition) is 0. The molecule has 0 fully saturated rings. The molecule has 0 saturated heterocycles. The minimum atomic E-state index is 0.0893. The summed E-state index contributed by atoms with van der Waals surface area (Å²) in [5, 5.41) is 0. The highest BCUT2D eigenvalue weighted by Gasteiger charge is 2.11. The lowest BCUT2D eigenvalue weighted by Crippen LogP contribution is -2.35. The SMILES string of the molecule is C=Cn1cc[n+](CC(=O)c2ccc(-c3ccccc3)cc2)c1. The van der Waals surface area contributed by atoms with E-state index >= 15 is 0 Å². The van der Waals surface area contributed by atoms with Gasteiger partial charge in [0.1, 0.15) is 12.4 Å². The first-order valence-corrected chi connectivity index (χ1v) is 7.14. The first kappa shape index (κ1) is 14.0. The van der Waals surface area contributed by atoms with Crippen LogP contribution in [0.1, 0.15) is 10.4 Å². The molecule has 0 unspecified atom stereocenters. The summed E-state index contributed by atoms with van der Waals surface area (Å²) in [6.07, 6.45) is 7.25. The van der Waals surface area contributed by atoms with Crippen LogP contribution in [0.2, 0.25) is 0 Å². The van der Waals surface area contributed by atoms with Crippen LogP contribution in [0.5, 0.6) is 0 Å². The predicted molar refractivity (Wildman–Crippen MR) is 87.2 cm³/mol. The summed E-state index contributed by atoms with van der Waals surface area (Å²) in [4.78, 5) is 12.3. The molecular weight excluding hydrogens is 272 g/mol. The molecule has 3 nitrogen and oxygen atoms in total. The smallest absolute Gasteiger partial charge is 0.248 e. The highest BCUT2D eigenvalue weighted by Crippen LogP contribution is 2.19. The monoisotopic (exact) mass is 289 g/mol. The van der Waals surface area contributed by atoms with Crippen molar-refractivity contribution in [2.75, 3.05) is 0 Å². The quantitative estimate of drug-likeness (QED) is 0.522. The van der Waals surface area contributed by atoms with Gasteiger partial charge in [-0.15, -0.1) is 0 Å². The van der Waals surface area contributed by atoms with Crippen molar-refractivity contribution in [2.45, 2.75) is 6.54 Å². The molecule has 0 N–H and O–H groups in total. The molecule has 0 aliphatic rings. The van der Waals surface area contributed by atoms with Gasteiger partial charge in [0.15, 0.2) is 6.54 Å². The Morgan fingerprint density at radius 1 is 1.05 bits per heavy atom. The molecule has 1 heterocycles. The first-order valence-electron chi connectivity index (χ1n) is 7.14. The van der Waals surface area contributed by atoms with E-state index in [0.29, 0.717) is 6.54 Å². The maximum Gasteiger partial charge on any atom is 0.248 e. The van der Waals surface area contributed by atoms with Crippen molar-refractivity contribution in [3.63, 3.8) is 0 Å². The molecular formula is C19H17N2O+. The number of aromatic nitrogens is 2. The van der Waals surface area contributed by atoms with E-state index in [1.54, 1.807) is 6.20 Å². The molecule has 0 aliphatic carbocycles. The van der Waals surface area contributed by atoms with Gasteiger partial charge in [-0.3, -0.25) is 4.79 Å². The van der Waals surface area contributed by atoms with Crippen LogP contribution in [-0.2, 0) is 6.54 Å². The van der Waals surface area contributed by atoms with E-state index in [0.717, 1.165) is 16.7 Å². The number of hydrogen-bond acceptors (Lipinski definition) is 1. The van der Waals surface area contributed by atoms with Crippen LogP contribution in [0.15, 0.2) is 79.9 Å². The lowest BCUT2D eigenvalue weighted by atomic mass is 10.0. The number of carbonyl (C=O) groups is 1. The summed E-state index contributed by atoms with van der Waals surface area (Å²) in [6.45, 7) is 4.01. The molecule has 3 rings (SSSR count). The molecule has 0 amide bonds. The minimum absolute atomic E-state index is 0.0893. The van der Waals surface area contributed by atoms with Crippen molar-refractivity contribution < 1.29 is 9.36 Å². The van der Waals surface area contributed by atoms with E-state index in [1.807, 2.05) is 70.3 Å². The zero-order chi connectivity index (χ0) is 15.4. The summed E-state index contributed by atoms with van der Waals surface area (Å²) in [6, 6.07) is 17.9. The Bertz CT molecular complexity index is 786. The molecule has 0 aliphatic heterocycles. The molecule has 22 heavy (non-hydrogen) atoms. The molecule has 0 saturated carbocycles. The van der Waals surface area contributed by atoms with Crippen molar-refractivity contribution in [3.05, 3.63) is 85.5 Å². The van der Waals surface area contributed by atoms with Crippen LogP contribution in [0, 0.1) is 0 Å². The largest absolute Gasteiger partial charge is 0.290 e. The molecule has 3 heteroatoms. The highest BCUT2D eigenvalue weighted by atomic mass is 16.1. The summed E-state index contributed by atoms with van der Waals surface area (Å²) >= 11 is 0. The maximum absolute atomic E-state index is 12.3. The average molecular weight is 289 g/mol. The third-order valence-corrected chi connectivity index (χ3v) is 3.56. The van der Waals surface area contributed by atoms with Gasteiger partial charge in [0.05, 0.1) is 6.20 Å². The van der Waals surface area contributed by atoms with Crippen LogP contribution in [0.25, 0.3) is 17.3 Å². The number of benzene rings is 2. The van der Waals surface area contributed by atoms with E-state index in [9.17, 15) is 4.79 Å². The van der Waals surface area contributed by atoms with Crippen LogP contribution >= 0.6 is 0 Å². The van der Waals surface area contributed by atoms with Gasteiger partial charge in [0.2, 0.25) is 12.1 Å². The van der Waals surface area contributed by atoms with Crippen molar-refractivity contribution in [3.8, 4) is 11.1 Å². The van der Waals surface area contributed by atoms with Crippen molar-refractivity contribution >= 4 is 12.0 Å². The Labute approximate surface area is 129 Å². The summed E-state index contributed by atoms with van der Waals surface area (Å²) in [7, 11) is 0. The number of rotatable bonds is 5. The molecule has 108 valence electrons. The van der Waals surface area contributed by atoms with Crippen LogP contribution in [0.3, 0.4) is 0 Å². The highest BCUT2D eigenvalue weighted by molar-refractivity contribution is 5.95. The van der Waals surface area contributed by atoms with E-state index in [4.69, 9.17) is 0 Å². The van der Waals surface area contributed by atoms with E-state index in [1.165, 1.54) is 0 Å². The van der Waals surface area contributed by atoms with Crippen LogP contribution < -0.4 is 4.57 Å². The van der Waals surface area contributed by atoms with E-state index in [2.05, 4.69) is 18.7 Å². The molecule has 2 aromatic carbocycles. The molecule has 0 bridgehead atoms. The lowest BCUT2D eigenvalue weighted by molar-refractivity contribution is -0.682. The Kier molecular flexibility index (Phi) is 3.97. The fourth-order valence-electron chi connectivity index (χ4n) is 2.35. The van der Waals surface area contributed by atoms with Gasteiger partial charge in [-0.2, -0.15) is 0 Å².